The Morgan fingerprint density at radius 1 is 1.28 bits per heavy atom. The van der Waals surface area contributed by atoms with Gasteiger partial charge in [-0.2, -0.15) is 0 Å². The van der Waals surface area contributed by atoms with Gasteiger partial charge in [0.1, 0.15) is 24.0 Å². The first-order valence-corrected chi connectivity index (χ1v) is 10.4. The van der Waals surface area contributed by atoms with Crippen molar-refractivity contribution in [3.63, 3.8) is 0 Å². The van der Waals surface area contributed by atoms with E-state index in [9.17, 15) is 5.11 Å². The lowest BCUT2D eigenvalue weighted by Crippen LogP contribution is -2.54. The quantitative estimate of drug-likeness (QED) is 0.784. The Morgan fingerprint density at radius 3 is 2.86 bits per heavy atom. The van der Waals surface area contributed by atoms with E-state index in [2.05, 4.69) is 11.1 Å². The average molecular weight is 414 g/mol. The number of aliphatic hydroxyl groups is 1. The molecule has 0 radical (unpaired) electrons. The minimum Gasteiger partial charge on any atom is -0.490 e. The molecule has 5 rings (SSSR count). The summed E-state index contributed by atoms with van der Waals surface area (Å²) < 4.78 is 12.1. The summed E-state index contributed by atoms with van der Waals surface area (Å²) in [6, 6.07) is 8.14. The highest BCUT2D eigenvalue weighted by molar-refractivity contribution is 6.30. The molecule has 0 bridgehead atoms. The van der Waals surface area contributed by atoms with Gasteiger partial charge < -0.3 is 20.3 Å². The zero-order valence-electron chi connectivity index (χ0n) is 16.3. The van der Waals surface area contributed by atoms with Gasteiger partial charge in [-0.1, -0.05) is 24.6 Å². The van der Waals surface area contributed by atoms with Crippen LogP contribution in [0.4, 0.5) is 0 Å². The highest BCUT2D eigenvalue weighted by Gasteiger charge is 2.57. The molecule has 1 aromatic carbocycles. The summed E-state index contributed by atoms with van der Waals surface area (Å²) in [6.07, 6.45) is 6.19. The largest absolute Gasteiger partial charge is 0.490 e. The van der Waals surface area contributed by atoms with Crippen LogP contribution in [0.2, 0.25) is 5.02 Å². The lowest BCUT2D eigenvalue weighted by molar-refractivity contribution is -0.0912. The third-order valence-corrected chi connectivity index (χ3v) is 6.93. The molecule has 1 fully saturated rings. The molecule has 1 aliphatic carbocycles. The van der Waals surface area contributed by atoms with Crippen molar-refractivity contribution in [2.45, 2.75) is 49.9 Å². The summed E-state index contributed by atoms with van der Waals surface area (Å²) in [4.78, 5) is 9.00. The SMILES string of the molecule is CCC1(O)CCC2Oc3ccc(-c4cncc(Cl)c4)cc3C3(COC(N)=N3)C2C1. The first-order valence-electron chi connectivity index (χ1n) is 10.1. The fourth-order valence-corrected chi connectivity index (χ4v) is 5.22. The number of aliphatic imine (C=N–C) groups is 1. The van der Waals surface area contributed by atoms with Gasteiger partial charge in [-0.3, -0.25) is 4.98 Å². The molecule has 0 amide bonds. The van der Waals surface area contributed by atoms with Crippen LogP contribution in [0, 0.1) is 5.92 Å². The van der Waals surface area contributed by atoms with Crippen molar-refractivity contribution in [3.05, 3.63) is 47.2 Å². The highest BCUT2D eigenvalue weighted by Crippen LogP contribution is 2.54. The van der Waals surface area contributed by atoms with Crippen molar-refractivity contribution in [2.75, 3.05) is 6.61 Å². The number of ether oxygens (including phenoxy) is 2. The number of pyridine rings is 1. The molecule has 3 N–H and O–H groups in total. The molecule has 29 heavy (non-hydrogen) atoms. The Morgan fingerprint density at radius 2 is 2.14 bits per heavy atom. The number of nitrogens with zero attached hydrogens (tertiary/aromatic N) is 2. The Hall–Kier alpha value is -2.31. The molecule has 6 nitrogen and oxygen atoms in total. The number of aromatic nitrogens is 1. The van der Waals surface area contributed by atoms with Crippen LogP contribution < -0.4 is 10.5 Å². The van der Waals surface area contributed by atoms with E-state index in [-0.39, 0.29) is 18.0 Å². The molecular weight excluding hydrogens is 390 g/mol. The number of rotatable bonds is 2. The third kappa shape index (κ3) is 2.97. The van der Waals surface area contributed by atoms with Crippen molar-refractivity contribution in [3.8, 4) is 16.9 Å². The second kappa shape index (κ2) is 6.61. The summed E-state index contributed by atoms with van der Waals surface area (Å²) in [5, 5.41) is 11.6. The molecular formula is C22H24ClN3O3. The molecule has 1 saturated carbocycles. The van der Waals surface area contributed by atoms with Gasteiger partial charge in [0, 0.05) is 29.4 Å². The summed E-state index contributed by atoms with van der Waals surface area (Å²) in [5.74, 6) is 0.788. The maximum Gasteiger partial charge on any atom is 0.283 e. The number of fused-ring (bicyclic) bond motifs is 4. The number of hydrogen-bond donors (Lipinski definition) is 2. The second-order valence-electron chi connectivity index (χ2n) is 8.35. The summed E-state index contributed by atoms with van der Waals surface area (Å²) >= 11 is 6.14. The predicted molar refractivity (Wildman–Crippen MR) is 111 cm³/mol. The maximum atomic E-state index is 11.0. The monoisotopic (exact) mass is 413 g/mol. The van der Waals surface area contributed by atoms with Gasteiger partial charge in [-0.25, -0.2) is 4.99 Å². The molecule has 7 heteroatoms. The molecule has 1 spiro atoms. The van der Waals surface area contributed by atoms with Crippen molar-refractivity contribution in [2.24, 2.45) is 16.6 Å². The molecule has 2 aliphatic heterocycles. The van der Waals surface area contributed by atoms with E-state index in [0.717, 1.165) is 35.3 Å². The van der Waals surface area contributed by atoms with Crippen LogP contribution in [0.15, 0.2) is 41.7 Å². The zero-order valence-corrected chi connectivity index (χ0v) is 17.0. The van der Waals surface area contributed by atoms with Crippen LogP contribution in [0.1, 0.15) is 38.2 Å². The van der Waals surface area contributed by atoms with Gasteiger partial charge >= 0.3 is 0 Å². The zero-order chi connectivity index (χ0) is 20.2. The topological polar surface area (TPSA) is 90.0 Å². The summed E-state index contributed by atoms with van der Waals surface area (Å²) in [7, 11) is 0. The predicted octanol–water partition coefficient (Wildman–Crippen LogP) is 3.64. The van der Waals surface area contributed by atoms with Gasteiger partial charge in [0.05, 0.1) is 10.6 Å². The lowest BCUT2D eigenvalue weighted by atomic mass is 9.63. The number of amidine groups is 1. The molecule has 0 saturated heterocycles. The van der Waals surface area contributed by atoms with Gasteiger partial charge in [-0.15, -0.1) is 0 Å². The molecule has 152 valence electrons. The third-order valence-electron chi connectivity index (χ3n) is 6.73. The van der Waals surface area contributed by atoms with E-state index < -0.39 is 11.1 Å². The van der Waals surface area contributed by atoms with Crippen molar-refractivity contribution in [1.29, 1.82) is 0 Å². The minimum absolute atomic E-state index is 0.0116. The van der Waals surface area contributed by atoms with E-state index in [1.54, 1.807) is 12.4 Å². The molecule has 4 atom stereocenters. The molecule has 2 aromatic rings. The van der Waals surface area contributed by atoms with E-state index in [1.807, 2.05) is 25.1 Å². The summed E-state index contributed by atoms with van der Waals surface area (Å²) in [6.45, 7) is 2.38. The van der Waals surface area contributed by atoms with Crippen LogP contribution >= 0.6 is 11.6 Å². The number of benzene rings is 1. The molecule has 1 aromatic heterocycles. The second-order valence-corrected chi connectivity index (χ2v) is 8.79. The van der Waals surface area contributed by atoms with Crippen molar-refractivity contribution < 1.29 is 14.6 Å². The normalized spacial score (nSPS) is 32.7. The number of hydrogen-bond acceptors (Lipinski definition) is 6. The Kier molecular flexibility index (Phi) is 4.26. The van der Waals surface area contributed by atoms with E-state index in [1.165, 1.54) is 0 Å². The average Bonchev–Trinajstić information content (AvgIpc) is 3.11. The highest BCUT2D eigenvalue weighted by atomic mass is 35.5. The van der Waals surface area contributed by atoms with Crippen LogP contribution in [0.3, 0.4) is 0 Å². The van der Waals surface area contributed by atoms with Gasteiger partial charge in [0.2, 0.25) is 0 Å². The summed E-state index contributed by atoms with van der Waals surface area (Å²) in [5.41, 5.74) is 7.45. The fraction of sp³-hybridized carbons (Fsp3) is 0.455. The molecule has 3 aliphatic rings. The first kappa shape index (κ1) is 18.7. The number of nitrogens with two attached hydrogens (primary N) is 1. The van der Waals surface area contributed by atoms with E-state index in [4.69, 9.17) is 31.8 Å². The molecule has 3 heterocycles. The van der Waals surface area contributed by atoms with Crippen LogP contribution in [0.5, 0.6) is 5.75 Å². The van der Waals surface area contributed by atoms with Crippen LogP contribution in [0.25, 0.3) is 11.1 Å². The van der Waals surface area contributed by atoms with E-state index >= 15 is 0 Å². The maximum absolute atomic E-state index is 11.0. The van der Waals surface area contributed by atoms with E-state index in [0.29, 0.717) is 24.5 Å². The van der Waals surface area contributed by atoms with Crippen molar-refractivity contribution in [1.82, 2.24) is 4.98 Å². The fourth-order valence-electron chi connectivity index (χ4n) is 5.05. The lowest BCUT2D eigenvalue weighted by Gasteiger charge is -2.50. The number of halogens is 1. The smallest absolute Gasteiger partial charge is 0.283 e. The Labute approximate surface area is 174 Å². The van der Waals surface area contributed by atoms with Crippen LogP contribution in [-0.4, -0.2) is 34.4 Å². The minimum atomic E-state index is -0.712. The van der Waals surface area contributed by atoms with Crippen LogP contribution in [-0.2, 0) is 10.3 Å². The first-order chi connectivity index (χ1) is 13.9. The molecule has 4 unspecified atom stereocenters. The van der Waals surface area contributed by atoms with Gasteiger partial charge in [0.25, 0.3) is 6.02 Å². The Balaban J connectivity index is 1.65. The van der Waals surface area contributed by atoms with Gasteiger partial charge in [0.15, 0.2) is 0 Å². The standard InChI is InChI=1S/C22H24ClN3O3/c1-2-21(27)6-5-19-17(9-21)22(12-28-20(24)26-22)16-8-13(3-4-18(16)29-19)14-7-15(23)11-25-10-14/h3-4,7-8,10-11,17,19,27H,2,5-6,9,12H2,1H3,(H2,24,26). The van der Waals surface area contributed by atoms with Gasteiger partial charge in [-0.05, 0) is 49.4 Å². The Bertz CT molecular complexity index is 997. The van der Waals surface area contributed by atoms with Crippen molar-refractivity contribution >= 4 is 17.6 Å².